The summed E-state index contributed by atoms with van der Waals surface area (Å²) in [4.78, 5) is 14.4. The molecule has 3 aromatic rings. The second kappa shape index (κ2) is 11.6. The van der Waals surface area contributed by atoms with Gasteiger partial charge >= 0.3 is 0 Å². The van der Waals surface area contributed by atoms with Crippen molar-refractivity contribution in [3.63, 3.8) is 0 Å². The third kappa shape index (κ3) is 7.02. The Morgan fingerprint density at radius 3 is 2.29 bits per heavy atom. The van der Waals surface area contributed by atoms with Crippen molar-refractivity contribution in [1.82, 2.24) is 9.73 Å². The van der Waals surface area contributed by atoms with Gasteiger partial charge in [-0.25, -0.2) is 18.2 Å². The molecule has 3 rings (SSSR count). The molecule has 0 aromatic heterocycles. The predicted octanol–water partition coefficient (Wildman–Crippen LogP) is 4.54. The summed E-state index contributed by atoms with van der Waals surface area (Å²) in [5, 5.41) is 4.29. The second-order valence-electron chi connectivity index (χ2n) is 7.71. The standard InChI is InChI=1S/C24H23Cl2FN4O3S/c1-30(2)19-10-6-17(7-11-19)14-28-29-24(32)16-31(15-21-22(26)4-3-5-23(21)27)35(33,34)20-12-8-18(25)9-13-20/h3-14H,15-16H2,1-2H3,(H,29,32)/b28-14-. The van der Waals surface area contributed by atoms with Crippen LogP contribution < -0.4 is 10.3 Å². The Morgan fingerprint density at radius 2 is 1.69 bits per heavy atom. The molecular formula is C24H23Cl2FN4O3S. The van der Waals surface area contributed by atoms with E-state index in [0.29, 0.717) is 5.02 Å². The molecule has 0 unspecified atom stereocenters. The van der Waals surface area contributed by atoms with Crippen molar-refractivity contribution in [3.8, 4) is 0 Å². The molecule has 0 bridgehead atoms. The molecule has 0 atom stereocenters. The number of hydrogen-bond donors (Lipinski definition) is 1. The Balaban J connectivity index is 1.80. The van der Waals surface area contributed by atoms with Crippen LogP contribution in [0.1, 0.15) is 11.1 Å². The molecule has 0 saturated heterocycles. The number of carbonyl (C=O) groups is 1. The average molecular weight is 537 g/mol. The third-order valence-corrected chi connectivity index (χ3v) is 7.39. The predicted molar refractivity (Wildman–Crippen MR) is 137 cm³/mol. The minimum absolute atomic E-state index is 0.0425. The number of benzene rings is 3. The number of hydrazone groups is 1. The number of anilines is 1. The van der Waals surface area contributed by atoms with Gasteiger partial charge in [0, 0.05) is 41.9 Å². The molecular weight excluding hydrogens is 514 g/mol. The van der Waals surface area contributed by atoms with Crippen LogP contribution in [0.3, 0.4) is 0 Å². The van der Waals surface area contributed by atoms with E-state index in [1.165, 1.54) is 48.7 Å². The summed E-state index contributed by atoms with van der Waals surface area (Å²) in [6.45, 7) is -1.08. The van der Waals surface area contributed by atoms with Gasteiger partial charge in [0.15, 0.2) is 0 Å². The van der Waals surface area contributed by atoms with Gasteiger partial charge in [0.1, 0.15) is 5.82 Å². The van der Waals surface area contributed by atoms with Gasteiger partial charge in [0.05, 0.1) is 17.7 Å². The molecule has 7 nitrogen and oxygen atoms in total. The zero-order valence-electron chi connectivity index (χ0n) is 19.0. The number of halogens is 3. The maximum Gasteiger partial charge on any atom is 0.255 e. The van der Waals surface area contributed by atoms with Gasteiger partial charge < -0.3 is 4.90 Å². The summed E-state index contributed by atoms with van der Waals surface area (Å²) >= 11 is 12.0. The normalized spacial score (nSPS) is 11.7. The van der Waals surface area contributed by atoms with Gasteiger partial charge in [-0.1, -0.05) is 41.4 Å². The molecule has 0 aliphatic carbocycles. The van der Waals surface area contributed by atoms with E-state index in [9.17, 15) is 17.6 Å². The van der Waals surface area contributed by atoms with Crippen LogP contribution in [0.15, 0.2) is 76.7 Å². The summed E-state index contributed by atoms with van der Waals surface area (Å²) in [5.41, 5.74) is 4.00. The van der Waals surface area contributed by atoms with E-state index >= 15 is 0 Å². The lowest BCUT2D eigenvalue weighted by Crippen LogP contribution is -2.39. The molecule has 35 heavy (non-hydrogen) atoms. The van der Waals surface area contributed by atoms with E-state index in [2.05, 4.69) is 10.5 Å². The number of carbonyl (C=O) groups excluding carboxylic acids is 1. The van der Waals surface area contributed by atoms with Crippen LogP contribution in [-0.2, 0) is 21.4 Å². The van der Waals surface area contributed by atoms with E-state index < -0.39 is 34.8 Å². The molecule has 0 spiro atoms. The largest absolute Gasteiger partial charge is 0.378 e. The zero-order valence-corrected chi connectivity index (χ0v) is 21.3. The van der Waals surface area contributed by atoms with E-state index in [-0.39, 0.29) is 15.5 Å². The quantitative estimate of drug-likeness (QED) is 0.321. The first kappa shape index (κ1) is 26.6. The zero-order chi connectivity index (χ0) is 25.6. The fraction of sp³-hybridized carbons (Fsp3) is 0.167. The summed E-state index contributed by atoms with van der Waals surface area (Å²) in [5.74, 6) is -1.40. The van der Waals surface area contributed by atoms with Gasteiger partial charge in [-0.15, -0.1) is 0 Å². The highest BCUT2D eigenvalue weighted by Gasteiger charge is 2.28. The van der Waals surface area contributed by atoms with Crippen LogP contribution in [0, 0.1) is 5.82 Å². The molecule has 1 N–H and O–H groups in total. The molecule has 11 heteroatoms. The minimum atomic E-state index is -4.20. The van der Waals surface area contributed by atoms with Crippen LogP contribution in [0.2, 0.25) is 10.0 Å². The number of sulfonamides is 1. The highest BCUT2D eigenvalue weighted by atomic mass is 35.5. The van der Waals surface area contributed by atoms with Crippen molar-refractivity contribution in [2.45, 2.75) is 11.4 Å². The highest BCUT2D eigenvalue weighted by molar-refractivity contribution is 7.89. The van der Waals surface area contributed by atoms with Crippen LogP contribution in [-0.4, -0.2) is 45.5 Å². The average Bonchev–Trinajstić information content (AvgIpc) is 2.81. The molecule has 184 valence electrons. The topological polar surface area (TPSA) is 82.1 Å². The van der Waals surface area contributed by atoms with Crippen molar-refractivity contribution in [1.29, 1.82) is 0 Å². The summed E-state index contributed by atoms with van der Waals surface area (Å²) in [6.07, 6.45) is 1.43. The first-order valence-corrected chi connectivity index (χ1v) is 12.6. The smallest absolute Gasteiger partial charge is 0.255 e. The molecule has 0 aliphatic heterocycles. The SMILES string of the molecule is CN(C)c1ccc(/C=N\NC(=O)CN(Cc2c(F)cccc2Cl)S(=O)(=O)c2ccc(Cl)cc2)cc1. The van der Waals surface area contributed by atoms with E-state index in [0.717, 1.165) is 15.6 Å². The van der Waals surface area contributed by atoms with Crippen molar-refractivity contribution < 1.29 is 17.6 Å². The summed E-state index contributed by atoms with van der Waals surface area (Å²) in [7, 11) is -0.366. The van der Waals surface area contributed by atoms with E-state index in [1.807, 2.05) is 43.3 Å². The van der Waals surface area contributed by atoms with Gasteiger partial charge in [-0.2, -0.15) is 9.41 Å². The molecule has 0 radical (unpaired) electrons. The van der Waals surface area contributed by atoms with Gasteiger partial charge in [0.25, 0.3) is 5.91 Å². The Hall–Kier alpha value is -2.98. The van der Waals surface area contributed by atoms with Crippen LogP contribution in [0.25, 0.3) is 0 Å². The van der Waals surface area contributed by atoms with Crippen molar-refractivity contribution in [2.24, 2.45) is 5.10 Å². The van der Waals surface area contributed by atoms with Gasteiger partial charge in [-0.05, 0) is 54.1 Å². The Kier molecular flexibility index (Phi) is 8.85. The van der Waals surface area contributed by atoms with E-state index in [1.54, 1.807) is 0 Å². The van der Waals surface area contributed by atoms with E-state index in [4.69, 9.17) is 23.2 Å². The third-order valence-electron chi connectivity index (χ3n) is 4.98. The molecule has 3 aromatic carbocycles. The van der Waals surface area contributed by atoms with Crippen LogP contribution in [0.4, 0.5) is 10.1 Å². The maximum atomic E-state index is 14.4. The number of hydrogen-bond acceptors (Lipinski definition) is 5. The monoisotopic (exact) mass is 536 g/mol. The molecule has 0 saturated carbocycles. The second-order valence-corrected chi connectivity index (χ2v) is 10.5. The number of nitrogens with zero attached hydrogens (tertiary/aromatic N) is 3. The first-order valence-electron chi connectivity index (χ1n) is 10.4. The lowest BCUT2D eigenvalue weighted by Gasteiger charge is -2.22. The van der Waals surface area contributed by atoms with Crippen molar-refractivity contribution in [3.05, 3.63) is 93.7 Å². The number of rotatable bonds is 9. The maximum absolute atomic E-state index is 14.4. The number of nitrogens with one attached hydrogen (secondary N) is 1. The molecule has 0 fully saturated rings. The van der Waals surface area contributed by atoms with Gasteiger partial charge in [0.2, 0.25) is 10.0 Å². The molecule has 0 aliphatic rings. The summed E-state index contributed by atoms with van der Waals surface area (Å²) in [6, 6.07) is 16.9. The number of amides is 1. The highest BCUT2D eigenvalue weighted by Crippen LogP contribution is 2.25. The summed E-state index contributed by atoms with van der Waals surface area (Å²) < 4.78 is 41.8. The fourth-order valence-electron chi connectivity index (χ4n) is 3.07. The Labute approximate surface area is 213 Å². The molecule has 1 amide bonds. The lowest BCUT2D eigenvalue weighted by atomic mass is 10.2. The van der Waals surface area contributed by atoms with Crippen molar-refractivity contribution >= 4 is 51.0 Å². The Bertz CT molecular complexity index is 1300. The van der Waals surface area contributed by atoms with Crippen molar-refractivity contribution in [2.75, 3.05) is 25.5 Å². The lowest BCUT2D eigenvalue weighted by molar-refractivity contribution is -0.121. The Morgan fingerprint density at radius 1 is 1.03 bits per heavy atom. The molecule has 0 heterocycles. The minimum Gasteiger partial charge on any atom is -0.378 e. The van der Waals surface area contributed by atoms with Gasteiger partial charge in [-0.3, -0.25) is 4.79 Å². The van der Waals surface area contributed by atoms with Crippen LogP contribution in [0.5, 0.6) is 0 Å². The van der Waals surface area contributed by atoms with Crippen LogP contribution >= 0.6 is 23.2 Å². The first-order chi connectivity index (χ1) is 16.6. The fourth-order valence-corrected chi connectivity index (χ4v) is 4.79.